The van der Waals surface area contributed by atoms with Crippen molar-refractivity contribution in [2.75, 3.05) is 32.6 Å². The lowest BCUT2D eigenvalue weighted by Gasteiger charge is -2.30. The SMILES string of the molecule is COC(=O)c1ccc(F)cc1NC1CCN(C)CC1. The van der Waals surface area contributed by atoms with Crippen molar-refractivity contribution in [2.24, 2.45) is 0 Å². The Morgan fingerprint density at radius 3 is 2.74 bits per heavy atom. The van der Waals surface area contributed by atoms with Gasteiger partial charge in [0, 0.05) is 6.04 Å². The predicted molar refractivity (Wildman–Crippen MR) is 71.9 cm³/mol. The highest BCUT2D eigenvalue weighted by Gasteiger charge is 2.19. The molecule has 0 amide bonds. The van der Waals surface area contributed by atoms with E-state index in [2.05, 4.69) is 17.3 Å². The van der Waals surface area contributed by atoms with Crippen LogP contribution in [0.25, 0.3) is 0 Å². The van der Waals surface area contributed by atoms with Crippen molar-refractivity contribution in [3.8, 4) is 0 Å². The van der Waals surface area contributed by atoms with E-state index < -0.39 is 5.97 Å². The number of hydrogen-bond acceptors (Lipinski definition) is 4. The molecule has 1 aromatic rings. The number of esters is 1. The number of carbonyl (C=O) groups is 1. The minimum atomic E-state index is -0.449. The van der Waals surface area contributed by atoms with Crippen molar-refractivity contribution in [3.05, 3.63) is 29.6 Å². The molecule has 1 saturated heterocycles. The van der Waals surface area contributed by atoms with Crippen molar-refractivity contribution >= 4 is 11.7 Å². The van der Waals surface area contributed by atoms with E-state index >= 15 is 0 Å². The van der Waals surface area contributed by atoms with Gasteiger partial charge in [-0.25, -0.2) is 9.18 Å². The van der Waals surface area contributed by atoms with Crippen LogP contribution >= 0.6 is 0 Å². The summed E-state index contributed by atoms with van der Waals surface area (Å²) in [6.07, 6.45) is 1.96. The van der Waals surface area contributed by atoms with Crippen LogP contribution in [0.5, 0.6) is 0 Å². The van der Waals surface area contributed by atoms with E-state index in [9.17, 15) is 9.18 Å². The summed E-state index contributed by atoms with van der Waals surface area (Å²) in [5.74, 6) is -0.807. The quantitative estimate of drug-likeness (QED) is 0.851. The van der Waals surface area contributed by atoms with Crippen molar-refractivity contribution in [2.45, 2.75) is 18.9 Å². The summed E-state index contributed by atoms with van der Waals surface area (Å²) in [6, 6.07) is 4.34. The van der Waals surface area contributed by atoms with Gasteiger partial charge < -0.3 is 15.0 Å². The summed E-state index contributed by atoms with van der Waals surface area (Å²) in [7, 11) is 3.41. The van der Waals surface area contributed by atoms with Crippen LogP contribution in [0.4, 0.5) is 10.1 Å². The number of likely N-dealkylation sites (tertiary alicyclic amines) is 1. The van der Waals surface area contributed by atoms with Crippen molar-refractivity contribution < 1.29 is 13.9 Å². The van der Waals surface area contributed by atoms with E-state index in [4.69, 9.17) is 4.74 Å². The molecule has 0 radical (unpaired) electrons. The zero-order chi connectivity index (χ0) is 13.8. The molecule has 1 N–H and O–H groups in total. The molecule has 19 heavy (non-hydrogen) atoms. The molecule has 1 aliphatic heterocycles. The van der Waals surface area contributed by atoms with Gasteiger partial charge in [0.15, 0.2) is 0 Å². The minimum Gasteiger partial charge on any atom is -0.465 e. The number of nitrogens with zero attached hydrogens (tertiary/aromatic N) is 1. The number of halogens is 1. The Labute approximate surface area is 112 Å². The summed E-state index contributed by atoms with van der Waals surface area (Å²) in [6.45, 7) is 2.00. The summed E-state index contributed by atoms with van der Waals surface area (Å²) in [5.41, 5.74) is 0.893. The molecule has 0 aliphatic carbocycles. The number of nitrogens with one attached hydrogen (secondary N) is 1. The Morgan fingerprint density at radius 1 is 1.42 bits per heavy atom. The summed E-state index contributed by atoms with van der Waals surface area (Å²) in [4.78, 5) is 13.9. The van der Waals surface area contributed by atoms with Crippen LogP contribution in [0.2, 0.25) is 0 Å². The molecule has 104 valence electrons. The number of piperidine rings is 1. The average Bonchev–Trinajstić information content (AvgIpc) is 2.41. The van der Waals surface area contributed by atoms with Gasteiger partial charge in [-0.1, -0.05) is 0 Å². The molecule has 5 heteroatoms. The van der Waals surface area contributed by atoms with Gasteiger partial charge in [-0.05, 0) is 51.2 Å². The maximum absolute atomic E-state index is 13.3. The molecule has 0 spiro atoms. The maximum atomic E-state index is 13.3. The van der Waals surface area contributed by atoms with Gasteiger partial charge in [-0.3, -0.25) is 0 Å². The van der Waals surface area contributed by atoms with E-state index in [0.29, 0.717) is 11.3 Å². The van der Waals surface area contributed by atoms with Gasteiger partial charge in [-0.15, -0.1) is 0 Å². The second-order valence-electron chi connectivity index (χ2n) is 4.90. The highest BCUT2D eigenvalue weighted by molar-refractivity contribution is 5.95. The molecule has 4 nitrogen and oxygen atoms in total. The zero-order valence-corrected chi connectivity index (χ0v) is 11.3. The Morgan fingerprint density at radius 2 is 2.11 bits per heavy atom. The van der Waals surface area contributed by atoms with Crippen LogP contribution in [0.15, 0.2) is 18.2 Å². The molecular formula is C14H19FN2O2. The van der Waals surface area contributed by atoms with E-state index in [1.165, 1.54) is 25.3 Å². The molecule has 2 rings (SSSR count). The van der Waals surface area contributed by atoms with Crippen LogP contribution in [0, 0.1) is 5.82 Å². The van der Waals surface area contributed by atoms with Gasteiger partial charge in [0.1, 0.15) is 5.82 Å². The van der Waals surface area contributed by atoms with E-state index in [-0.39, 0.29) is 11.9 Å². The highest BCUT2D eigenvalue weighted by Crippen LogP contribution is 2.22. The first-order chi connectivity index (χ1) is 9.10. The van der Waals surface area contributed by atoms with E-state index in [0.717, 1.165) is 25.9 Å². The lowest BCUT2D eigenvalue weighted by atomic mass is 10.0. The third kappa shape index (κ3) is 3.44. The number of carbonyl (C=O) groups excluding carboxylic acids is 1. The first-order valence-electron chi connectivity index (χ1n) is 6.43. The standard InChI is InChI=1S/C14H19FN2O2/c1-17-7-5-11(6-8-17)16-13-9-10(15)3-4-12(13)14(18)19-2/h3-4,9,11,16H,5-8H2,1-2H3. The van der Waals surface area contributed by atoms with Crippen molar-refractivity contribution in [3.63, 3.8) is 0 Å². The summed E-state index contributed by atoms with van der Waals surface area (Å²) < 4.78 is 18.0. The molecule has 0 unspecified atom stereocenters. The highest BCUT2D eigenvalue weighted by atomic mass is 19.1. The smallest absolute Gasteiger partial charge is 0.339 e. The Bertz CT molecular complexity index is 457. The zero-order valence-electron chi connectivity index (χ0n) is 11.3. The molecule has 1 aromatic carbocycles. The molecule has 0 atom stereocenters. The first kappa shape index (κ1) is 13.8. The number of benzene rings is 1. The number of methoxy groups -OCH3 is 1. The minimum absolute atomic E-state index is 0.265. The number of hydrogen-bond donors (Lipinski definition) is 1. The fourth-order valence-electron chi connectivity index (χ4n) is 2.30. The molecule has 1 fully saturated rings. The largest absolute Gasteiger partial charge is 0.465 e. The van der Waals surface area contributed by atoms with E-state index in [1.54, 1.807) is 0 Å². The number of anilines is 1. The van der Waals surface area contributed by atoms with Crippen LogP contribution in [0.3, 0.4) is 0 Å². The topological polar surface area (TPSA) is 41.6 Å². The third-order valence-electron chi connectivity index (χ3n) is 3.47. The summed E-state index contributed by atoms with van der Waals surface area (Å²) >= 11 is 0. The normalized spacial score (nSPS) is 17.2. The Hall–Kier alpha value is -1.62. The molecule has 1 aliphatic rings. The van der Waals surface area contributed by atoms with Crippen molar-refractivity contribution in [1.82, 2.24) is 4.90 Å². The van der Waals surface area contributed by atoms with Gasteiger partial charge in [0.05, 0.1) is 18.4 Å². The molecule has 0 saturated carbocycles. The first-order valence-corrected chi connectivity index (χ1v) is 6.43. The second kappa shape index (κ2) is 6.02. The molecule has 0 aromatic heterocycles. The molecule has 1 heterocycles. The van der Waals surface area contributed by atoms with Gasteiger partial charge in [0.25, 0.3) is 0 Å². The van der Waals surface area contributed by atoms with Crippen LogP contribution in [-0.4, -0.2) is 44.2 Å². The third-order valence-corrected chi connectivity index (χ3v) is 3.47. The monoisotopic (exact) mass is 266 g/mol. The predicted octanol–water partition coefficient (Wildman–Crippen LogP) is 2.12. The fourth-order valence-corrected chi connectivity index (χ4v) is 2.30. The van der Waals surface area contributed by atoms with Crippen LogP contribution in [0.1, 0.15) is 23.2 Å². The summed E-state index contributed by atoms with van der Waals surface area (Å²) in [5, 5.41) is 3.26. The van der Waals surface area contributed by atoms with Crippen molar-refractivity contribution in [1.29, 1.82) is 0 Å². The Balaban J connectivity index is 2.14. The maximum Gasteiger partial charge on any atom is 0.339 e. The lowest BCUT2D eigenvalue weighted by molar-refractivity contribution is 0.0601. The Kier molecular flexibility index (Phi) is 4.37. The average molecular weight is 266 g/mol. The van der Waals surface area contributed by atoms with Gasteiger partial charge in [0.2, 0.25) is 0 Å². The molecular weight excluding hydrogens is 247 g/mol. The fraction of sp³-hybridized carbons (Fsp3) is 0.500. The molecule has 0 bridgehead atoms. The van der Waals surface area contributed by atoms with E-state index in [1.807, 2.05) is 0 Å². The van der Waals surface area contributed by atoms with Gasteiger partial charge >= 0.3 is 5.97 Å². The number of ether oxygens (including phenoxy) is 1. The van der Waals surface area contributed by atoms with Gasteiger partial charge in [-0.2, -0.15) is 0 Å². The number of rotatable bonds is 3. The van der Waals surface area contributed by atoms with Crippen LogP contribution < -0.4 is 5.32 Å². The van der Waals surface area contributed by atoms with Crippen LogP contribution in [-0.2, 0) is 4.74 Å². The second-order valence-corrected chi connectivity index (χ2v) is 4.90. The lowest BCUT2D eigenvalue weighted by Crippen LogP contribution is -2.37.